The molecule has 0 radical (unpaired) electrons. The monoisotopic (exact) mass is 289 g/mol. The Bertz CT molecular complexity index is 433. The average Bonchev–Trinajstić information content (AvgIpc) is 2.85. The molecule has 18 heavy (non-hydrogen) atoms. The van der Waals surface area contributed by atoms with Crippen LogP contribution in [0.1, 0.15) is 37.3 Å². The Balaban J connectivity index is 2.24. The van der Waals surface area contributed by atoms with Crippen LogP contribution in [0.5, 0.6) is 5.75 Å². The van der Waals surface area contributed by atoms with Crippen LogP contribution in [0.25, 0.3) is 0 Å². The summed E-state index contributed by atoms with van der Waals surface area (Å²) in [6, 6.07) is 2.35. The van der Waals surface area contributed by atoms with Crippen LogP contribution in [0, 0.1) is 5.92 Å². The fraction of sp³-hybridized carbons (Fsp3) is 0.538. The highest BCUT2D eigenvalue weighted by molar-refractivity contribution is 6.35. The van der Waals surface area contributed by atoms with Crippen LogP contribution < -0.4 is 5.73 Å². The molecule has 0 aliphatic heterocycles. The highest BCUT2D eigenvalue weighted by Gasteiger charge is 2.30. The number of aromatic hydroxyl groups is 1. The number of hydrogen-bond donors (Lipinski definition) is 3. The molecule has 1 aliphatic carbocycles. The second-order valence-corrected chi connectivity index (χ2v) is 5.73. The number of benzene rings is 1. The van der Waals surface area contributed by atoms with Crippen LogP contribution >= 0.6 is 23.2 Å². The van der Waals surface area contributed by atoms with Crippen LogP contribution in [0.2, 0.25) is 10.0 Å². The number of hydrogen-bond acceptors (Lipinski definition) is 3. The second kappa shape index (κ2) is 5.66. The van der Waals surface area contributed by atoms with Crippen LogP contribution in [0.4, 0.5) is 0 Å². The quantitative estimate of drug-likeness (QED) is 0.800. The van der Waals surface area contributed by atoms with E-state index in [1.54, 1.807) is 6.07 Å². The van der Waals surface area contributed by atoms with Gasteiger partial charge in [-0.1, -0.05) is 36.0 Å². The zero-order chi connectivity index (χ0) is 13.3. The molecule has 1 aromatic carbocycles. The molecule has 3 nitrogen and oxygen atoms in total. The average molecular weight is 290 g/mol. The molecule has 2 rings (SSSR count). The highest BCUT2D eigenvalue weighted by Crippen LogP contribution is 2.38. The molecule has 2 atom stereocenters. The van der Waals surface area contributed by atoms with Gasteiger partial charge in [0.2, 0.25) is 0 Å². The lowest BCUT2D eigenvalue weighted by molar-refractivity contribution is 0.0836. The van der Waals surface area contributed by atoms with E-state index in [-0.39, 0.29) is 16.7 Å². The SMILES string of the molecule is N[C@H](c1cc(Cl)cc(Cl)c1O)[C@@H](O)C1CCCC1. The minimum absolute atomic E-state index is 0.0920. The molecule has 5 heteroatoms. The maximum atomic E-state index is 10.3. The van der Waals surface area contributed by atoms with E-state index >= 15 is 0 Å². The third kappa shape index (κ3) is 2.75. The maximum absolute atomic E-state index is 10.3. The molecule has 1 aliphatic rings. The highest BCUT2D eigenvalue weighted by atomic mass is 35.5. The lowest BCUT2D eigenvalue weighted by Crippen LogP contribution is -2.32. The first-order chi connectivity index (χ1) is 8.50. The summed E-state index contributed by atoms with van der Waals surface area (Å²) in [5, 5.41) is 20.7. The summed E-state index contributed by atoms with van der Waals surface area (Å²) in [6.45, 7) is 0. The third-order valence-corrected chi connectivity index (χ3v) is 4.17. The first-order valence-corrected chi connectivity index (χ1v) is 6.88. The molecular weight excluding hydrogens is 273 g/mol. The lowest BCUT2D eigenvalue weighted by Gasteiger charge is -2.25. The predicted molar refractivity (Wildman–Crippen MR) is 73.0 cm³/mol. The minimum Gasteiger partial charge on any atom is -0.506 e. The van der Waals surface area contributed by atoms with Crippen molar-refractivity contribution in [3.63, 3.8) is 0 Å². The smallest absolute Gasteiger partial charge is 0.139 e. The molecule has 0 bridgehead atoms. The summed E-state index contributed by atoms with van der Waals surface area (Å²) >= 11 is 11.8. The summed E-state index contributed by atoms with van der Waals surface area (Å²) in [7, 11) is 0. The van der Waals surface area contributed by atoms with Crippen LogP contribution in [-0.4, -0.2) is 16.3 Å². The maximum Gasteiger partial charge on any atom is 0.139 e. The van der Waals surface area contributed by atoms with Gasteiger partial charge in [0, 0.05) is 10.6 Å². The Labute approximate surface area is 117 Å². The number of aliphatic hydroxyl groups excluding tert-OH is 1. The fourth-order valence-corrected chi connectivity index (χ4v) is 3.13. The predicted octanol–water partition coefficient (Wildman–Crippen LogP) is 3.25. The number of halogens is 2. The van der Waals surface area contributed by atoms with Gasteiger partial charge in [-0.2, -0.15) is 0 Å². The van der Waals surface area contributed by atoms with Crippen molar-refractivity contribution in [1.82, 2.24) is 0 Å². The van der Waals surface area contributed by atoms with Crippen molar-refractivity contribution < 1.29 is 10.2 Å². The second-order valence-electron chi connectivity index (χ2n) is 4.89. The Morgan fingerprint density at radius 3 is 2.44 bits per heavy atom. The van der Waals surface area contributed by atoms with Crippen molar-refractivity contribution in [2.24, 2.45) is 11.7 Å². The molecule has 4 N–H and O–H groups in total. The Morgan fingerprint density at radius 1 is 1.22 bits per heavy atom. The first kappa shape index (κ1) is 13.9. The Morgan fingerprint density at radius 2 is 1.83 bits per heavy atom. The number of phenols is 1. The van der Waals surface area contributed by atoms with E-state index in [1.807, 2.05) is 0 Å². The van der Waals surface area contributed by atoms with Crippen LogP contribution in [0.3, 0.4) is 0 Å². The van der Waals surface area contributed by atoms with Gasteiger partial charge in [-0.15, -0.1) is 0 Å². The van der Waals surface area contributed by atoms with Crippen molar-refractivity contribution in [3.05, 3.63) is 27.7 Å². The van der Waals surface area contributed by atoms with Gasteiger partial charge in [-0.05, 0) is 30.9 Å². The van der Waals surface area contributed by atoms with Crippen molar-refractivity contribution in [3.8, 4) is 5.75 Å². The molecule has 0 heterocycles. The summed E-state index contributed by atoms with van der Waals surface area (Å²) < 4.78 is 0. The summed E-state index contributed by atoms with van der Waals surface area (Å²) in [4.78, 5) is 0. The van der Waals surface area contributed by atoms with E-state index in [0.29, 0.717) is 10.6 Å². The lowest BCUT2D eigenvalue weighted by atomic mass is 9.90. The Hall–Kier alpha value is -0.480. The van der Waals surface area contributed by atoms with Crippen molar-refractivity contribution >= 4 is 23.2 Å². The molecule has 0 saturated heterocycles. The van der Waals surface area contributed by atoms with Crippen molar-refractivity contribution in [1.29, 1.82) is 0 Å². The van der Waals surface area contributed by atoms with Gasteiger partial charge in [0.05, 0.1) is 17.2 Å². The van der Waals surface area contributed by atoms with E-state index in [4.69, 9.17) is 28.9 Å². The number of nitrogens with two attached hydrogens (primary N) is 1. The Kier molecular flexibility index (Phi) is 4.38. The topological polar surface area (TPSA) is 66.5 Å². The van der Waals surface area contributed by atoms with Gasteiger partial charge in [-0.3, -0.25) is 0 Å². The van der Waals surface area contributed by atoms with E-state index in [2.05, 4.69) is 0 Å². The molecule has 0 unspecified atom stereocenters. The van der Waals surface area contributed by atoms with E-state index < -0.39 is 12.1 Å². The summed E-state index contributed by atoms with van der Waals surface area (Å²) in [6.07, 6.45) is 3.52. The molecule has 0 amide bonds. The van der Waals surface area contributed by atoms with Crippen LogP contribution in [0.15, 0.2) is 12.1 Å². The molecule has 0 aromatic heterocycles. The molecule has 100 valence electrons. The number of phenolic OH excluding ortho intramolecular Hbond substituents is 1. The number of rotatable bonds is 3. The van der Waals surface area contributed by atoms with Gasteiger partial charge in [-0.25, -0.2) is 0 Å². The van der Waals surface area contributed by atoms with Gasteiger partial charge in [0.25, 0.3) is 0 Å². The first-order valence-electron chi connectivity index (χ1n) is 6.12. The van der Waals surface area contributed by atoms with Gasteiger partial charge >= 0.3 is 0 Å². The zero-order valence-electron chi connectivity index (χ0n) is 9.94. The van der Waals surface area contributed by atoms with Gasteiger partial charge < -0.3 is 15.9 Å². The normalized spacial score (nSPS) is 20.0. The van der Waals surface area contributed by atoms with E-state index in [9.17, 15) is 10.2 Å². The molecule has 1 aromatic rings. The number of aliphatic hydroxyl groups is 1. The standard InChI is InChI=1S/C13H17Cl2NO2/c14-8-5-9(13(18)10(15)6-8)11(16)12(17)7-3-1-2-4-7/h5-7,11-12,17-18H,1-4,16H2/t11-,12+/m1/s1. The molecule has 1 fully saturated rings. The fourth-order valence-electron chi connectivity index (χ4n) is 2.62. The third-order valence-electron chi connectivity index (χ3n) is 3.67. The largest absolute Gasteiger partial charge is 0.506 e. The van der Waals surface area contributed by atoms with E-state index in [0.717, 1.165) is 25.7 Å². The van der Waals surface area contributed by atoms with Crippen molar-refractivity contribution in [2.45, 2.75) is 37.8 Å². The summed E-state index contributed by atoms with van der Waals surface area (Å²) in [5.74, 6) is 0.0998. The van der Waals surface area contributed by atoms with Gasteiger partial charge in [0.15, 0.2) is 0 Å². The van der Waals surface area contributed by atoms with Crippen molar-refractivity contribution in [2.75, 3.05) is 0 Å². The molecule has 1 saturated carbocycles. The minimum atomic E-state index is -0.673. The zero-order valence-corrected chi connectivity index (χ0v) is 11.5. The molecular formula is C13H17Cl2NO2. The van der Waals surface area contributed by atoms with Gasteiger partial charge in [0.1, 0.15) is 5.75 Å². The molecule has 0 spiro atoms. The summed E-state index contributed by atoms with van der Waals surface area (Å²) in [5.41, 5.74) is 6.44. The van der Waals surface area contributed by atoms with Crippen LogP contribution in [-0.2, 0) is 0 Å². The van der Waals surface area contributed by atoms with E-state index in [1.165, 1.54) is 6.07 Å².